The van der Waals surface area contributed by atoms with E-state index in [1.165, 1.54) is 0 Å². The van der Waals surface area contributed by atoms with Crippen molar-refractivity contribution in [1.29, 1.82) is 0 Å². The molecule has 0 aliphatic carbocycles. The molecule has 0 saturated heterocycles. The van der Waals surface area contributed by atoms with Gasteiger partial charge in [-0.25, -0.2) is 0 Å². The van der Waals surface area contributed by atoms with Crippen LogP contribution < -0.4 is 0 Å². The van der Waals surface area contributed by atoms with Crippen LogP contribution in [0.1, 0.15) is 26.7 Å². The van der Waals surface area contributed by atoms with Gasteiger partial charge in [0, 0.05) is 19.1 Å². The summed E-state index contributed by atoms with van der Waals surface area (Å²) in [5.41, 5.74) is 1.03. The minimum absolute atomic E-state index is 0.174. The third kappa shape index (κ3) is 4.52. The number of hydrogen-bond acceptors (Lipinski definition) is 2. The average Bonchev–Trinajstić information content (AvgIpc) is 2.04. The predicted octanol–water partition coefficient (Wildman–Crippen LogP) is 1.58. The minimum Gasteiger partial charge on any atom is -0.396 e. The maximum Gasteiger partial charge on any atom is 0.0496 e. The lowest BCUT2D eigenvalue weighted by atomic mass is 9.93. The van der Waals surface area contributed by atoms with Crippen molar-refractivity contribution in [2.45, 2.75) is 26.7 Å². The second-order valence-corrected chi connectivity index (χ2v) is 3.59. The van der Waals surface area contributed by atoms with Crippen molar-refractivity contribution in [3.63, 3.8) is 0 Å². The second kappa shape index (κ2) is 6.21. The van der Waals surface area contributed by atoms with E-state index in [1.807, 2.05) is 13.8 Å². The van der Waals surface area contributed by atoms with Gasteiger partial charge in [-0.05, 0) is 25.7 Å². The Morgan fingerprint density at radius 1 is 1.25 bits per heavy atom. The largest absolute Gasteiger partial charge is 0.396 e. The molecule has 0 aromatic carbocycles. The molecule has 0 spiro atoms. The summed E-state index contributed by atoms with van der Waals surface area (Å²) in [6, 6.07) is 0. The zero-order valence-corrected chi connectivity index (χ0v) is 8.08. The minimum atomic E-state index is 0.174. The van der Waals surface area contributed by atoms with Gasteiger partial charge in [-0.15, -0.1) is 0 Å². The molecule has 2 nitrogen and oxygen atoms in total. The van der Waals surface area contributed by atoms with Gasteiger partial charge in [-0.3, -0.25) is 0 Å². The zero-order valence-electron chi connectivity index (χ0n) is 8.08. The molecule has 2 heteroatoms. The van der Waals surface area contributed by atoms with E-state index >= 15 is 0 Å². The first-order chi connectivity index (χ1) is 5.61. The van der Waals surface area contributed by atoms with Gasteiger partial charge in [0.05, 0.1) is 0 Å². The Bertz CT molecular complexity index is 132. The topological polar surface area (TPSA) is 40.5 Å². The molecule has 72 valence electrons. The highest BCUT2D eigenvalue weighted by molar-refractivity contribution is 4.95. The Labute approximate surface area is 74.9 Å². The molecular formula is C10H20O2. The summed E-state index contributed by atoms with van der Waals surface area (Å²) < 4.78 is 0. The molecule has 12 heavy (non-hydrogen) atoms. The molecule has 0 saturated carbocycles. The maximum atomic E-state index is 8.96. The number of aliphatic hydroxyl groups excluding tert-OH is 2. The Morgan fingerprint density at radius 2 is 1.83 bits per heavy atom. The van der Waals surface area contributed by atoms with Crippen molar-refractivity contribution in [3.8, 4) is 0 Å². The van der Waals surface area contributed by atoms with E-state index in [-0.39, 0.29) is 19.1 Å². The van der Waals surface area contributed by atoms with Crippen LogP contribution in [0.15, 0.2) is 12.2 Å². The van der Waals surface area contributed by atoms with Crippen LogP contribution in [-0.2, 0) is 0 Å². The fourth-order valence-electron chi connectivity index (χ4n) is 1.07. The molecule has 0 amide bonds. The molecule has 0 radical (unpaired) electrons. The summed E-state index contributed by atoms with van der Waals surface area (Å²) in [7, 11) is 0. The third-order valence-corrected chi connectivity index (χ3v) is 2.24. The van der Waals surface area contributed by atoms with E-state index in [4.69, 9.17) is 10.2 Å². The Kier molecular flexibility index (Phi) is 6.03. The molecule has 2 unspecified atom stereocenters. The number of hydrogen-bond donors (Lipinski definition) is 2. The highest BCUT2D eigenvalue weighted by Gasteiger charge is 2.09. The lowest BCUT2D eigenvalue weighted by Gasteiger charge is -2.15. The van der Waals surface area contributed by atoms with Crippen molar-refractivity contribution in [2.24, 2.45) is 11.8 Å². The van der Waals surface area contributed by atoms with Gasteiger partial charge >= 0.3 is 0 Å². The van der Waals surface area contributed by atoms with Crippen LogP contribution in [-0.4, -0.2) is 23.4 Å². The molecule has 0 aliphatic heterocycles. The van der Waals surface area contributed by atoms with E-state index in [1.54, 1.807) is 0 Å². The Hall–Kier alpha value is -0.340. The van der Waals surface area contributed by atoms with E-state index in [0.717, 1.165) is 18.4 Å². The van der Waals surface area contributed by atoms with Gasteiger partial charge in [-0.1, -0.05) is 19.1 Å². The van der Waals surface area contributed by atoms with E-state index in [0.29, 0.717) is 5.92 Å². The van der Waals surface area contributed by atoms with Gasteiger partial charge in [0.25, 0.3) is 0 Å². The molecule has 0 aromatic heterocycles. The quantitative estimate of drug-likeness (QED) is 0.597. The van der Waals surface area contributed by atoms with Crippen LogP contribution in [0.25, 0.3) is 0 Å². The fraction of sp³-hybridized carbons (Fsp3) is 0.800. The van der Waals surface area contributed by atoms with Gasteiger partial charge in [0.15, 0.2) is 0 Å². The first-order valence-electron chi connectivity index (χ1n) is 4.49. The van der Waals surface area contributed by atoms with Crippen LogP contribution in [0.2, 0.25) is 0 Å². The average molecular weight is 172 g/mol. The summed E-state index contributed by atoms with van der Waals surface area (Å²) in [5.74, 6) is 0.539. The number of aliphatic hydroxyl groups is 2. The number of rotatable bonds is 6. The first kappa shape index (κ1) is 11.7. The highest BCUT2D eigenvalue weighted by Crippen LogP contribution is 2.17. The van der Waals surface area contributed by atoms with Crippen LogP contribution >= 0.6 is 0 Å². The second-order valence-electron chi connectivity index (χ2n) is 3.59. The van der Waals surface area contributed by atoms with Crippen LogP contribution in [0.4, 0.5) is 0 Å². The van der Waals surface area contributed by atoms with Crippen molar-refractivity contribution in [3.05, 3.63) is 12.2 Å². The molecule has 0 heterocycles. The van der Waals surface area contributed by atoms with Gasteiger partial charge < -0.3 is 10.2 Å². The molecule has 0 fully saturated rings. The molecule has 0 rings (SSSR count). The van der Waals surface area contributed by atoms with Crippen molar-refractivity contribution < 1.29 is 10.2 Å². The maximum absolute atomic E-state index is 8.96. The fourth-order valence-corrected chi connectivity index (χ4v) is 1.07. The van der Waals surface area contributed by atoms with Crippen molar-refractivity contribution >= 4 is 0 Å². The summed E-state index contributed by atoms with van der Waals surface area (Å²) >= 11 is 0. The van der Waals surface area contributed by atoms with Gasteiger partial charge in [-0.2, -0.15) is 0 Å². The molecule has 2 N–H and O–H groups in total. The summed E-state index contributed by atoms with van der Waals surface area (Å²) in [4.78, 5) is 0. The summed E-state index contributed by atoms with van der Waals surface area (Å²) in [6.07, 6.45) is 1.88. The molecule has 0 bridgehead atoms. The van der Waals surface area contributed by atoms with E-state index < -0.39 is 0 Å². The van der Waals surface area contributed by atoms with Gasteiger partial charge in [0.1, 0.15) is 0 Å². The smallest absolute Gasteiger partial charge is 0.0496 e. The third-order valence-electron chi connectivity index (χ3n) is 2.24. The SMILES string of the molecule is C=C(C)C(CO)CCC(C)CO. The Morgan fingerprint density at radius 3 is 2.17 bits per heavy atom. The monoisotopic (exact) mass is 172 g/mol. The normalized spacial score (nSPS) is 15.7. The predicted molar refractivity (Wildman–Crippen MR) is 50.9 cm³/mol. The lowest BCUT2D eigenvalue weighted by molar-refractivity contribution is 0.202. The van der Waals surface area contributed by atoms with Crippen LogP contribution in [0.5, 0.6) is 0 Å². The molecular weight excluding hydrogens is 152 g/mol. The Balaban J connectivity index is 3.65. The molecule has 2 atom stereocenters. The van der Waals surface area contributed by atoms with Gasteiger partial charge in [0.2, 0.25) is 0 Å². The van der Waals surface area contributed by atoms with E-state index in [2.05, 4.69) is 6.58 Å². The highest BCUT2D eigenvalue weighted by atomic mass is 16.3. The van der Waals surface area contributed by atoms with Crippen LogP contribution in [0.3, 0.4) is 0 Å². The zero-order chi connectivity index (χ0) is 9.56. The summed E-state index contributed by atoms with van der Waals surface area (Å²) in [5, 5.41) is 17.7. The van der Waals surface area contributed by atoms with E-state index in [9.17, 15) is 0 Å². The van der Waals surface area contributed by atoms with Crippen molar-refractivity contribution in [2.75, 3.05) is 13.2 Å². The summed E-state index contributed by atoms with van der Waals surface area (Å²) in [6.45, 7) is 8.15. The molecule has 0 aliphatic rings. The first-order valence-corrected chi connectivity index (χ1v) is 4.49. The lowest BCUT2D eigenvalue weighted by Crippen LogP contribution is -2.10. The van der Waals surface area contributed by atoms with Crippen LogP contribution in [0, 0.1) is 11.8 Å². The van der Waals surface area contributed by atoms with Crippen molar-refractivity contribution in [1.82, 2.24) is 0 Å². The standard InChI is InChI=1S/C10H20O2/c1-8(2)10(7-12)5-4-9(3)6-11/h9-12H,1,4-7H2,2-3H3. The molecule has 0 aromatic rings.